The summed E-state index contributed by atoms with van der Waals surface area (Å²) in [6, 6.07) is 11.2. The van der Waals surface area contributed by atoms with E-state index in [0.717, 1.165) is 0 Å². The number of nitrogens with one attached hydrogen (secondary N) is 2. The number of hydrogen-bond donors (Lipinski definition) is 2. The maximum Gasteiger partial charge on any atom is 0.340 e. The molecule has 0 saturated heterocycles. The largest absolute Gasteiger partial charge is 0.465 e. The van der Waals surface area contributed by atoms with Gasteiger partial charge in [-0.3, -0.25) is 4.79 Å². The Morgan fingerprint density at radius 1 is 1.00 bits per heavy atom. The molecule has 2 aromatic carbocycles. The molecule has 2 N–H and O–H groups in total. The fourth-order valence-corrected chi connectivity index (χ4v) is 1.93. The van der Waals surface area contributed by atoms with E-state index in [1.54, 1.807) is 30.3 Å². The molecule has 22 heavy (non-hydrogen) atoms. The molecule has 5 nitrogen and oxygen atoms in total. The van der Waals surface area contributed by atoms with Crippen molar-refractivity contribution in [3.05, 3.63) is 53.8 Å². The summed E-state index contributed by atoms with van der Waals surface area (Å²) in [7, 11) is 1.19. The average Bonchev–Trinajstić information content (AvgIpc) is 2.50. The Balaban J connectivity index is 2.36. The minimum Gasteiger partial charge on any atom is -0.465 e. The van der Waals surface area contributed by atoms with Crippen LogP contribution < -0.4 is 10.6 Å². The molecule has 2 aromatic rings. The highest BCUT2D eigenvalue weighted by molar-refractivity contribution is 5.94. The van der Waals surface area contributed by atoms with E-state index in [1.165, 1.54) is 26.2 Å². The van der Waals surface area contributed by atoms with Gasteiger partial charge < -0.3 is 15.4 Å². The summed E-state index contributed by atoms with van der Waals surface area (Å²) < 4.78 is 18.9. The molecule has 0 radical (unpaired) electrons. The molecule has 0 aliphatic carbocycles. The van der Waals surface area contributed by atoms with Crippen LogP contribution in [0, 0.1) is 5.82 Å². The van der Waals surface area contributed by atoms with Crippen LogP contribution in [0.4, 0.5) is 21.5 Å². The molecule has 0 aliphatic rings. The van der Waals surface area contributed by atoms with Crippen LogP contribution >= 0.6 is 0 Å². The lowest BCUT2D eigenvalue weighted by atomic mass is 10.1. The number of methoxy groups -OCH3 is 1. The highest BCUT2D eigenvalue weighted by Gasteiger charge is 2.16. The van der Waals surface area contributed by atoms with Gasteiger partial charge in [0.1, 0.15) is 0 Å². The molecule has 114 valence electrons. The highest BCUT2D eigenvalue weighted by Crippen LogP contribution is 2.28. The molecule has 0 aliphatic heterocycles. The van der Waals surface area contributed by atoms with Crippen LogP contribution in [0.5, 0.6) is 0 Å². The summed E-state index contributed by atoms with van der Waals surface area (Å²) in [6.45, 7) is 1.38. The maximum absolute atomic E-state index is 14.3. The summed E-state index contributed by atoms with van der Waals surface area (Å²) in [4.78, 5) is 22.7. The van der Waals surface area contributed by atoms with Crippen LogP contribution in [0.2, 0.25) is 0 Å². The molecule has 0 unspecified atom stereocenters. The predicted molar refractivity (Wildman–Crippen MR) is 81.8 cm³/mol. The van der Waals surface area contributed by atoms with Crippen LogP contribution in [-0.2, 0) is 9.53 Å². The molecule has 6 heteroatoms. The summed E-state index contributed by atoms with van der Waals surface area (Å²) in [5.74, 6) is -1.71. The molecular formula is C16H15FN2O3. The van der Waals surface area contributed by atoms with Crippen molar-refractivity contribution in [1.29, 1.82) is 0 Å². The normalized spacial score (nSPS) is 9.95. The lowest BCUT2D eigenvalue weighted by Crippen LogP contribution is -2.09. The maximum atomic E-state index is 14.3. The van der Waals surface area contributed by atoms with Crippen LogP contribution in [0.3, 0.4) is 0 Å². The number of carbonyl (C=O) groups excluding carboxylic acids is 2. The van der Waals surface area contributed by atoms with Crippen LogP contribution in [0.1, 0.15) is 17.3 Å². The van der Waals surface area contributed by atoms with E-state index in [1.807, 2.05) is 0 Å². The Morgan fingerprint density at radius 2 is 1.64 bits per heavy atom. The van der Waals surface area contributed by atoms with Crippen LogP contribution in [0.15, 0.2) is 42.5 Å². The van der Waals surface area contributed by atoms with Crippen molar-refractivity contribution >= 4 is 28.9 Å². The number of para-hydroxylation sites is 2. The average molecular weight is 302 g/mol. The van der Waals surface area contributed by atoms with Crippen LogP contribution in [0.25, 0.3) is 0 Å². The third kappa shape index (κ3) is 3.41. The molecule has 1 amide bonds. The zero-order chi connectivity index (χ0) is 16.1. The number of amides is 1. The Hall–Kier alpha value is -2.89. The van der Waals surface area contributed by atoms with E-state index in [4.69, 9.17) is 0 Å². The van der Waals surface area contributed by atoms with Gasteiger partial charge in [-0.2, -0.15) is 0 Å². The SMILES string of the molecule is COC(=O)c1cccc(Nc2ccccc2NC(C)=O)c1F. The fraction of sp³-hybridized carbons (Fsp3) is 0.125. The van der Waals surface area contributed by atoms with E-state index < -0.39 is 11.8 Å². The fourth-order valence-electron chi connectivity index (χ4n) is 1.93. The second-order valence-electron chi connectivity index (χ2n) is 4.51. The number of halogens is 1. The molecule has 0 saturated carbocycles. The first kappa shape index (κ1) is 15.5. The third-order valence-electron chi connectivity index (χ3n) is 2.91. The lowest BCUT2D eigenvalue weighted by Gasteiger charge is -2.13. The van der Waals surface area contributed by atoms with Gasteiger partial charge in [-0.15, -0.1) is 0 Å². The standard InChI is InChI=1S/C16H15FN2O3/c1-10(20)18-12-7-3-4-8-13(12)19-14-9-5-6-11(15(14)17)16(21)22-2/h3-9,19H,1-2H3,(H,18,20). The molecule has 2 rings (SSSR count). The van der Waals surface area contributed by atoms with E-state index in [-0.39, 0.29) is 17.2 Å². The van der Waals surface area contributed by atoms with Gasteiger partial charge in [0.05, 0.1) is 29.7 Å². The second kappa shape index (κ2) is 6.71. The molecule has 0 fully saturated rings. The lowest BCUT2D eigenvalue weighted by molar-refractivity contribution is -0.114. The summed E-state index contributed by atoms with van der Waals surface area (Å²) in [6.07, 6.45) is 0. The minimum atomic E-state index is -0.753. The van der Waals surface area contributed by atoms with Gasteiger partial charge in [-0.05, 0) is 24.3 Å². The van der Waals surface area contributed by atoms with Crippen LogP contribution in [-0.4, -0.2) is 19.0 Å². The van der Waals surface area contributed by atoms with Gasteiger partial charge in [-0.25, -0.2) is 9.18 Å². The highest BCUT2D eigenvalue weighted by atomic mass is 19.1. The third-order valence-corrected chi connectivity index (χ3v) is 2.91. The van der Waals surface area contributed by atoms with Gasteiger partial charge in [-0.1, -0.05) is 18.2 Å². The van der Waals surface area contributed by atoms with E-state index in [2.05, 4.69) is 15.4 Å². The molecule has 0 atom stereocenters. The molecule has 0 bridgehead atoms. The van der Waals surface area contributed by atoms with Crippen molar-refractivity contribution in [3.8, 4) is 0 Å². The second-order valence-corrected chi connectivity index (χ2v) is 4.51. The number of hydrogen-bond acceptors (Lipinski definition) is 4. The van der Waals surface area contributed by atoms with Gasteiger partial charge in [0.15, 0.2) is 5.82 Å². The quantitative estimate of drug-likeness (QED) is 0.850. The van der Waals surface area contributed by atoms with Crippen molar-refractivity contribution in [2.45, 2.75) is 6.92 Å². The first-order valence-corrected chi connectivity index (χ1v) is 6.53. The Labute approximate surface area is 127 Å². The number of anilines is 3. The number of rotatable bonds is 4. The summed E-state index contributed by atoms with van der Waals surface area (Å²) in [5.41, 5.74) is 0.974. The summed E-state index contributed by atoms with van der Waals surface area (Å²) in [5, 5.41) is 5.51. The van der Waals surface area contributed by atoms with E-state index >= 15 is 0 Å². The van der Waals surface area contributed by atoms with Gasteiger partial charge >= 0.3 is 5.97 Å². The Bertz CT molecular complexity index is 716. The molecular weight excluding hydrogens is 287 g/mol. The molecule has 0 heterocycles. The first-order chi connectivity index (χ1) is 10.5. The molecule has 0 spiro atoms. The number of esters is 1. The zero-order valence-electron chi connectivity index (χ0n) is 12.1. The Kier molecular flexibility index (Phi) is 4.73. The Morgan fingerprint density at radius 3 is 2.27 bits per heavy atom. The predicted octanol–water partition coefficient (Wildman–Crippen LogP) is 3.31. The first-order valence-electron chi connectivity index (χ1n) is 6.53. The van der Waals surface area contributed by atoms with Crippen molar-refractivity contribution < 1.29 is 18.7 Å². The monoisotopic (exact) mass is 302 g/mol. The van der Waals surface area contributed by atoms with E-state index in [0.29, 0.717) is 11.4 Å². The van der Waals surface area contributed by atoms with Crippen molar-refractivity contribution in [3.63, 3.8) is 0 Å². The summed E-state index contributed by atoms with van der Waals surface area (Å²) >= 11 is 0. The zero-order valence-corrected chi connectivity index (χ0v) is 12.1. The van der Waals surface area contributed by atoms with Crippen molar-refractivity contribution in [2.24, 2.45) is 0 Å². The topological polar surface area (TPSA) is 67.4 Å². The van der Waals surface area contributed by atoms with Gasteiger partial charge in [0.2, 0.25) is 5.91 Å². The van der Waals surface area contributed by atoms with Gasteiger partial charge in [0, 0.05) is 6.92 Å². The van der Waals surface area contributed by atoms with E-state index in [9.17, 15) is 14.0 Å². The number of carbonyl (C=O) groups is 2. The molecule has 0 aromatic heterocycles. The number of ether oxygens (including phenoxy) is 1. The minimum absolute atomic E-state index is 0.112. The number of benzene rings is 2. The smallest absolute Gasteiger partial charge is 0.340 e. The van der Waals surface area contributed by atoms with Crippen molar-refractivity contribution in [2.75, 3.05) is 17.7 Å². The van der Waals surface area contributed by atoms with Crippen molar-refractivity contribution in [1.82, 2.24) is 0 Å². The van der Waals surface area contributed by atoms with Gasteiger partial charge in [0.25, 0.3) is 0 Å².